The number of likely N-dealkylation sites (tertiary alicyclic amines) is 1. The molecule has 0 aromatic carbocycles. The third kappa shape index (κ3) is 3.43. The van der Waals surface area contributed by atoms with Gasteiger partial charge in [-0.3, -0.25) is 5.32 Å². The van der Waals surface area contributed by atoms with Gasteiger partial charge in [-0.2, -0.15) is 5.26 Å². The van der Waals surface area contributed by atoms with Gasteiger partial charge in [0.15, 0.2) is 0 Å². The quantitative estimate of drug-likeness (QED) is 0.746. The Bertz CT molecular complexity index is 276. The lowest BCUT2D eigenvalue weighted by atomic mass is 9.89. The standard InChI is InChI=1S/C14H25N3/c1-17-10-6-9-14(11-15,12-17)16-13-7-4-2-3-5-8-13/h13,16H,2-10,12H2,1H3. The molecule has 0 aromatic rings. The summed E-state index contributed by atoms with van der Waals surface area (Å²) in [6.07, 6.45) is 10.1. The summed E-state index contributed by atoms with van der Waals surface area (Å²) in [5.41, 5.74) is -0.276. The van der Waals surface area contributed by atoms with Gasteiger partial charge < -0.3 is 4.90 Å². The molecule has 1 N–H and O–H groups in total. The lowest BCUT2D eigenvalue weighted by Gasteiger charge is -2.39. The Morgan fingerprint density at radius 2 is 1.88 bits per heavy atom. The van der Waals surface area contributed by atoms with Crippen molar-refractivity contribution in [2.75, 3.05) is 20.1 Å². The van der Waals surface area contributed by atoms with Crippen LogP contribution < -0.4 is 5.32 Å². The second kappa shape index (κ2) is 5.84. The van der Waals surface area contributed by atoms with Crippen molar-refractivity contribution in [3.63, 3.8) is 0 Å². The van der Waals surface area contributed by atoms with E-state index in [9.17, 15) is 5.26 Å². The molecule has 2 aliphatic rings. The third-order valence-electron chi connectivity index (χ3n) is 4.23. The van der Waals surface area contributed by atoms with Crippen molar-refractivity contribution in [1.29, 1.82) is 5.26 Å². The van der Waals surface area contributed by atoms with E-state index in [-0.39, 0.29) is 5.54 Å². The molecule has 0 bridgehead atoms. The topological polar surface area (TPSA) is 39.1 Å². The molecule has 2 rings (SSSR count). The van der Waals surface area contributed by atoms with Crippen LogP contribution in [0.5, 0.6) is 0 Å². The number of nitrogens with zero attached hydrogens (tertiary/aromatic N) is 2. The van der Waals surface area contributed by atoms with Crippen LogP contribution in [0.4, 0.5) is 0 Å². The number of nitrogens with one attached hydrogen (secondary N) is 1. The third-order valence-corrected chi connectivity index (χ3v) is 4.23. The summed E-state index contributed by atoms with van der Waals surface area (Å²) in [6, 6.07) is 3.14. The Balaban J connectivity index is 1.95. The Labute approximate surface area is 105 Å². The fourth-order valence-corrected chi connectivity index (χ4v) is 3.33. The summed E-state index contributed by atoms with van der Waals surface area (Å²) in [6.45, 7) is 2.02. The molecule has 1 heterocycles. The van der Waals surface area contributed by atoms with E-state index in [4.69, 9.17) is 0 Å². The largest absolute Gasteiger partial charge is 0.303 e. The highest BCUT2D eigenvalue weighted by Gasteiger charge is 2.36. The lowest BCUT2D eigenvalue weighted by Crippen LogP contribution is -2.58. The minimum absolute atomic E-state index is 0.276. The zero-order valence-corrected chi connectivity index (χ0v) is 11.0. The molecule has 1 saturated carbocycles. The molecule has 0 radical (unpaired) electrons. The van der Waals surface area contributed by atoms with Crippen LogP contribution in [0.2, 0.25) is 0 Å². The first-order chi connectivity index (χ1) is 8.24. The van der Waals surface area contributed by atoms with Gasteiger partial charge >= 0.3 is 0 Å². The van der Waals surface area contributed by atoms with Gasteiger partial charge in [-0.05, 0) is 39.3 Å². The second-order valence-corrected chi connectivity index (χ2v) is 5.87. The average molecular weight is 235 g/mol. The highest BCUT2D eigenvalue weighted by atomic mass is 15.2. The molecule has 17 heavy (non-hydrogen) atoms. The molecule has 2 fully saturated rings. The van der Waals surface area contributed by atoms with Gasteiger partial charge in [0.05, 0.1) is 6.07 Å². The normalized spacial score (nSPS) is 32.9. The zero-order valence-electron chi connectivity index (χ0n) is 11.0. The van der Waals surface area contributed by atoms with E-state index in [0.29, 0.717) is 6.04 Å². The molecule has 96 valence electrons. The summed E-state index contributed by atoms with van der Waals surface area (Å²) in [7, 11) is 2.13. The molecule has 3 nitrogen and oxygen atoms in total. The molecule has 1 unspecified atom stereocenters. The van der Waals surface area contributed by atoms with Crippen LogP contribution >= 0.6 is 0 Å². The first-order valence-electron chi connectivity index (χ1n) is 7.12. The average Bonchev–Trinajstić information content (AvgIpc) is 2.57. The van der Waals surface area contributed by atoms with E-state index in [1.807, 2.05) is 0 Å². The van der Waals surface area contributed by atoms with Gasteiger partial charge in [0.25, 0.3) is 0 Å². The maximum Gasteiger partial charge on any atom is 0.119 e. The summed E-state index contributed by atoms with van der Waals surface area (Å²) in [5, 5.41) is 13.2. The number of rotatable bonds is 2. The van der Waals surface area contributed by atoms with Crippen LogP contribution in [-0.2, 0) is 0 Å². The maximum absolute atomic E-state index is 9.52. The van der Waals surface area contributed by atoms with Crippen molar-refractivity contribution in [1.82, 2.24) is 10.2 Å². The Morgan fingerprint density at radius 1 is 1.18 bits per heavy atom. The number of piperidine rings is 1. The molecule has 1 aliphatic carbocycles. The molecule has 1 aliphatic heterocycles. The zero-order chi connectivity index (χ0) is 12.1. The minimum atomic E-state index is -0.276. The molecular weight excluding hydrogens is 210 g/mol. The lowest BCUT2D eigenvalue weighted by molar-refractivity contribution is 0.168. The molecule has 3 heteroatoms. The van der Waals surface area contributed by atoms with Crippen LogP contribution in [0, 0.1) is 11.3 Å². The van der Waals surface area contributed by atoms with Crippen molar-refractivity contribution in [2.24, 2.45) is 0 Å². The Morgan fingerprint density at radius 3 is 2.47 bits per heavy atom. The van der Waals surface area contributed by atoms with Gasteiger partial charge in [0.1, 0.15) is 5.54 Å². The summed E-state index contributed by atoms with van der Waals surface area (Å²) in [4.78, 5) is 2.29. The minimum Gasteiger partial charge on any atom is -0.303 e. The second-order valence-electron chi connectivity index (χ2n) is 5.87. The molecule has 0 amide bonds. The molecule has 0 aromatic heterocycles. The van der Waals surface area contributed by atoms with E-state index in [0.717, 1.165) is 25.9 Å². The van der Waals surface area contributed by atoms with E-state index < -0.39 is 0 Å². The van der Waals surface area contributed by atoms with Crippen LogP contribution in [-0.4, -0.2) is 36.6 Å². The van der Waals surface area contributed by atoms with Gasteiger partial charge in [0.2, 0.25) is 0 Å². The molecule has 0 spiro atoms. The van der Waals surface area contributed by atoms with E-state index in [1.165, 1.54) is 38.5 Å². The first-order valence-corrected chi connectivity index (χ1v) is 7.12. The van der Waals surface area contributed by atoms with Crippen molar-refractivity contribution >= 4 is 0 Å². The number of likely N-dealkylation sites (N-methyl/N-ethyl adjacent to an activating group) is 1. The van der Waals surface area contributed by atoms with E-state index >= 15 is 0 Å². The fourth-order valence-electron chi connectivity index (χ4n) is 3.33. The van der Waals surface area contributed by atoms with E-state index in [1.54, 1.807) is 0 Å². The van der Waals surface area contributed by atoms with Crippen molar-refractivity contribution < 1.29 is 0 Å². The number of hydrogen-bond donors (Lipinski definition) is 1. The summed E-state index contributed by atoms with van der Waals surface area (Å²) >= 11 is 0. The van der Waals surface area contributed by atoms with Gasteiger partial charge in [-0.25, -0.2) is 0 Å². The number of nitriles is 1. The predicted molar refractivity (Wildman–Crippen MR) is 69.7 cm³/mol. The van der Waals surface area contributed by atoms with Gasteiger partial charge in [-0.1, -0.05) is 25.7 Å². The molecule has 1 saturated heterocycles. The van der Waals surface area contributed by atoms with Crippen molar-refractivity contribution in [3.8, 4) is 6.07 Å². The van der Waals surface area contributed by atoms with Crippen LogP contribution in [0.3, 0.4) is 0 Å². The molecule has 1 atom stereocenters. The first kappa shape index (κ1) is 12.9. The highest BCUT2D eigenvalue weighted by Crippen LogP contribution is 2.24. The predicted octanol–water partition coefficient (Wildman–Crippen LogP) is 2.29. The summed E-state index contributed by atoms with van der Waals surface area (Å²) < 4.78 is 0. The summed E-state index contributed by atoms with van der Waals surface area (Å²) in [5.74, 6) is 0. The Kier molecular flexibility index (Phi) is 4.42. The van der Waals surface area contributed by atoms with Gasteiger partial charge in [0, 0.05) is 12.6 Å². The van der Waals surface area contributed by atoms with Crippen LogP contribution in [0.1, 0.15) is 51.4 Å². The fraction of sp³-hybridized carbons (Fsp3) is 0.929. The van der Waals surface area contributed by atoms with E-state index in [2.05, 4.69) is 23.3 Å². The van der Waals surface area contributed by atoms with Crippen LogP contribution in [0.15, 0.2) is 0 Å². The highest BCUT2D eigenvalue weighted by molar-refractivity contribution is 5.11. The van der Waals surface area contributed by atoms with Crippen molar-refractivity contribution in [2.45, 2.75) is 62.9 Å². The maximum atomic E-state index is 9.52. The number of hydrogen-bond acceptors (Lipinski definition) is 3. The SMILES string of the molecule is CN1CCCC(C#N)(NC2CCCCCC2)C1. The van der Waals surface area contributed by atoms with Crippen LogP contribution in [0.25, 0.3) is 0 Å². The Hall–Kier alpha value is -0.590. The van der Waals surface area contributed by atoms with Gasteiger partial charge in [-0.15, -0.1) is 0 Å². The molecular formula is C14H25N3. The smallest absolute Gasteiger partial charge is 0.119 e. The van der Waals surface area contributed by atoms with Crippen molar-refractivity contribution in [3.05, 3.63) is 0 Å². The monoisotopic (exact) mass is 235 g/mol.